The monoisotopic (exact) mass is 315 g/mol. The van der Waals surface area contributed by atoms with Gasteiger partial charge in [-0.3, -0.25) is 0 Å². The zero-order valence-electron chi connectivity index (χ0n) is 10.6. The van der Waals surface area contributed by atoms with Crippen LogP contribution in [0.2, 0.25) is 0 Å². The summed E-state index contributed by atoms with van der Waals surface area (Å²) in [5.74, 6) is -7.06. The third kappa shape index (κ3) is 1.83. The summed E-state index contributed by atoms with van der Waals surface area (Å²) in [6, 6.07) is 0. The van der Waals surface area contributed by atoms with Gasteiger partial charge in [-0.2, -0.15) is 17.6 Å². The van der Waals surface area contributed by atoms with Crippen molar-refractivity contribution in [3.63, 3.8) is 0 Å². The van der Waals surface area contributed by atoms with Crippen LogP contribution >= 0.6 is 0 Å². The van der Waals surface area contributed by atoms with Gasteiger partial charge in [0, 0.05) is 5.92 Å². The van der Waals surface area contributed by atoms with Crippen LogP contribution in [0, 0.1) is 29.6 Å². The number of alkyl halides is 4. The first-order chi connectivity index (χ1) is 9.04. The Morgan fingerprint density at radius 1 is 0.850 bits per heavy atom. The van der Waals surface area contributed by atoms with Crippen LogP contribution in [0.5, 0.6) is 0 Å². The lowest BCUT2D eigenvalue weighted by Crippen LogP contribution is -2.60. The Bertz CT molecular complexity index is 489. The molecular weight excluding hydrogens is 300 g/mol. The van der Waals surface area contributed by atoms with Gasteiger partial charge in [-0.15, -0.1) is 0 Å². The molecule has 0 aromatic rings. The van der Waals surface area contributed by atoms with Crippen LogP contribution < -0.4 is 0 Å². The standard InChI is InChI=1S/C12H16F4O3S/c13-11(14,12(15,16)20(17,18)19)10-8-2-6-1-7(4-8)5-9(10)3-6/h6-10H,1-5H2,(H,17,18,19)/p-1. The van der Waals surface area contributed by atoms with Crippen LogP contribution in [-0.4, -0.2) is 24.1 Å². The van der Waals surface area contributed by atoms with Crippen molar-refractivity contribution in [2.45, 2.75) is 43.3 Å². The first kappa shape index (κ1) is 14.6. The Hall–Kier alpha value is -0.370. The molecule has 3 nitrogen and oxygen atoms in total. The van der Waals surface area contributed by atoms with E-state index >= 15 is 0 Å². The van der Waals surface area contributed by atoms with Crippen molar-refractivity contribution in [2.24, 2.45) is 29.6 Å². The minimum atomic E-state index is -6.38. The topological polar surface area (TPSA) is 57.2 Å². The van der Waals surface area contributed by atoms with Gasteiger partial charge in [0.25, 0.3) is 0 Å². The Labute approximate surface area is 114 Å². The second-order valence-corrected chi connectivity index (χ2v) is 7.97. The van der Waals surface area contributed by atoms with E-state index < -0.39 is 39.0 Å². The largest absolute Gasteiger partial charge is 0.743 e. The predicted octanol–water partition coefficient (Wildman–Crippen LogP) is 2.83. The van der Waals surface area contributed by atoms with Crippen molar-refractivity contribution >= 4 is 10.1 Å². The molecule has 0 heterocycles. The van der Waals surface area contributed by atoms with Crippen molar-refractivity contribution in [3.8, 4) is 0 Å². The van der Waals surface area contributed by atoms with Crippen molar-refractivity contribution in [3.05, 3.63) is 0 Å². The molecule has 0 atom stereocenters. The second-order valence-electron chi connectivity index (χ2n) is 6.55. The second kappa shape index (κ2) is 4.09. The fourth-order valence-corrected chi connectivity index (χ4v) is 5.35. The average Bonchev–Trinajstić information content (AvgIpc) is 2.24. The SMILES string of the molecule is O=S(=O)([O-])C(F)(F)C(F)(F)C1C2CC3CC(C2)CC1C3. The van der Waals surface area contributed by atoms with Gasteiger partial charge in [0.05, 0.1) is 0 Å². The van der Waals surface area contributed by atoms with Gasteiger partial charge < -0.3 is 4.55 Å². The molecule has 0 aliphatic heterocycles. The molecule has 4 saturated carbocycles. The minimum absolute atomic E-state index is 0.294. The highest BCUT2D eigenvalue weighted by Crippen LogP contribution is 2.62. The van der Waals surface area contributed by atoms with E-state index in [9.17, 15) is 30.5 Å². The molecule has 0 radical (unpaired) electrons. The zero-order chi connectivity index (χ0) is 14.9. The van der Waals surface area contributed by atoms with Gasteiger partial charge in [0.1, 0.15) is 0 Å². The summed E-state index contributed by atoms with van der Waals surface area (Å²) in [4.78, 5) is 0. The quantitative estimate of drug-likeness (QED) is 0.594. The molecule has 0 spiro atoms. The molecule has 0 amide bonds. The average molecular weight is 315 g/mol. The molecule has 0 saturated heterocycles. The molecule has 0 N–H and O–H groups in total. The lowest BCUT2D eigenvalue weighted by Gasteiger charge is -2.56. The molecule has 4 rings (SSSR count). The van der Waals surface area contributed by atoms with Crippen LogP contribution in [0.4, 0.5) is 17.6 Å². The van der Waals surface area contributed by atoms with Crippen LogP contribution in [-0.2, 0) is 10.1 Å². The maximum absolute atomic E-state index is 14.1. The summed E-state index contributed by atoms with van der Waals surface area (Å²) in [5, 5.41) is -5.53. The van der Waals surface area contributed by atoms with Crippen LogP contribution in [0.25, 0.3) is 0 Å². The Morgan fingerprint density at radius 3 is 1.60 bits per heavy atom. The summed E-state index contributed by atoms with van der Waals surface area (Å²) in [6.45, 7) is 0. The van der Waals surface area contributed by atoms with E-state index in [-0.39, 0.29) is 0 Å². The lowest BCUT2D eigenvalue weighted by atomic mass is 9.50. The van der Waals surface area contributed by atoms with Gasteiger partial charge >= 0.3 is 11.2 Å². The first-order valence-corrected chi connectivity index (χ1v) is 8.16. The Kier molecular flexibility index (Phi) is 2.98. The molecular formula is C12H15F4O3S-. The number of hydrogen-bond donors (Lipinski definition) is 0. The van der Waals surface area contributed by atoms with Crippen molar-refractivity contribution < 1.29 is 30.5 Å². The summed E-state index contributed by atoms with van der Waals surface area (Å²) < 4.78 is 86.8. The molecule has 20 heavy (non-hydrogen) atoms. The third-order valence-corrected chi connectivity index (χ3v) is 6.25. The smallest absolute Gasteiger partial charge is 0.396 e. The highest BCUT2D eigenvalue weighted by Gasteiger charge is 2.70. The fourth-order valence-electron chi connectivity index (χ4n) is 4.88. The van der Waals surface area contributed by atoms with E-state index in [0.29, 0.717) is 37.5 Å². The molecule has 4 aliphatic rings. The summed E-state index contributed by atoms with van der Waals surface area (Å²) in [7, 11) is -6.38. The highest BCUT2D eigenvalue weighted by molar-refractivity contribution is 7.86. The van der Waals surface area contributed by atoms with Crippen LogP contribution in [0.3, 0.4) is 0 Å². The van der Waals surface area contributed by atoms with Gasteiger partial charge in [-0.25, -0.2) is 8.42 Å². The number of rotatable bonds is 3. The number of hydrogen-bond acceptors (Lipinski definition) is 3. The molecule has 8 heteroatoms. The first-order valence-electron chi connectivity index (χ1n) is 6.75. The van der Waals surface area contributed by atoms with Gasteiger partial charge in [-0.1, -0.05) is 0 Å². The van der Waals surface area contributed by atoms with Gasteiger partial charge in [0.15, 0.2) is 10.1 Å². The van der Waals surface area contributed by atoms with Crippen LogP contribution in [0.15, 0.2) is 0 Å². The fraction of sp³-hybridized carbons (Fsp3) is 1.00. The van der Waals surface area contributed by atoms with E-state index in [1.54, 1.807) is 0 Å². The predicted molar refractivity (Wildman–Crippen MR) is 60.1 cm³/mol. The van der Waals surface area contributed by atoms with E-state index in [2.05, 4.69) is 0 Å². The summed E-state index contributed by atoms with van der Waals surface area (Å²) in [5.41, 5.74) is 0. The maximum atomic E-state index is 14.1. The Balaban J connectivity index is 1.96. The van der Waals surface area contributed by atoms with E-state index in [1.165, 1.54) is 0 Å². The minimum Gasteiger partial charge on any atom is -0.743 e. The molecule has 116 valence electrons. The third-order valence-electron chi connectivity index (χ3n) is 5.35. The molecule has 4 bridgehead atoms. The zero-order valence-corrected chi connectivity index (χ0v) is 11.4. The van der Waals surface area contributed by atoms with E-state index in [1.807, 2.05) is 0 Å². The van der Waals surface area contributed by atoms with E-state index in [0.717, 1.165) is 6.42 Å². The summed E-state index contributed by atoms with van der Waals surface area (Å²) >= 11 is 0. The van der Waals surface area contributed by atoms with Crippen LogP contribution in [0.1, 0.15) is 32.1 Å². The summed E-state index contributed by atoms with van der Waals surface area (Å²) in [6.07, 6.45) is 2.75. The molecule has 4 aliphatic carbocycles. The van der Waals surface area contributed by atoms with E-state index in [4.69, 9.17) is 0 Å². The lowest BCUT2D eigenvalue weighted by molar-refractivity contribution is -0.242. The molecule has 0 unspecified atom stereocenters. The van der Waals surface area contributed by atoms with Crippen molar-refractivity contribution in [1.29, 1.82) is 0 Å². The number of halogens is 4. The molecule has 0 aromatic carbocycles. The van der Waals surface area contributed by atoms with Gasteiger partial charge in [-0.05, 0) is 55.8 Å². The normalized spacial score (nSPS) is 41.1. The highest BCUT2D eigenvalue weighted by atomic mass is 32.2. The maximum Gasteiger partial charge on any atom is 0.396 e. The van der Waals surface area contributed by atoms with Crippen molar-refractivity contribution in [1.82, 2.24) is 0 Å². The van der Waals surface area contributed by atoms with Gasteiger partial charge in [0.2, 0.25) is 0 Å². The molecule has 4 fully saturated rings. The Morgan fingerprint density at radius 2 is 1.25 bits per heavy atom. The molecule has 0 aromatic heterocycles. The van der Waals surface area contributed by atoms with Crippen molar-refractivity contribution in [2.75, 3.05) is 0 Å².